The van der Waals surface area contributed by atoms with Crippen LogP contribution in [-0.2, 0) is 89.0 Å². The van der Waals surface area contributed by atoms with Gasteiger partial charge in [0.15, 0.2) is 0 Å². The molecule has 0 unspecified atom stereocenters. The van der Waals surface area contributed by atoms with Crippen LogP contribution in [0, 0.1) is 5.82 Å². The Hall–Kier alpha value is -7.98. The third kappa shape index (κ3) is 19.6. The van der Waals surface area contributed by atoms with E-state index in [2.05, 4.69) is 58.3 Å². The second kappa shape index (κ2) is 34.3. The molecule has 0 radical (unpaired) electrons. The number of hydrogen-bond acceptors (Lipinski definition) is 10. The molecule has 2 atom stereocenters. The van der Waals surface area contributed by atoms with E-state index in [1.165, 1.54) is 52.1 Å². The summed E-state index contributed by atoms with van der Waals surface area (Å²) in [6.07, 6.45) is 2.28. The van der Waals surface area contributed by atoms with Crippen LogP contribution in [0.1, 0.15) is 151 Å². The molecule has 1 aliphatic carbocycles. The maximum atomic E-state index is 14.0. The monoisotopic (exact) mass is 1400 g/mol. The third-order valence-electron chi connectivity index (χ3n) is 21.0. The number of amides is 4. The van der Waals surface area contributed by atoms with Gasteiger partial charge in [0.1, 0.15) is 30.9 Å². The van der Waals surface area contributed by atoms with Crippen LogP contribution >= 0.6 is 0 Å². The van der Waals surface area contributed by atoms with Gasteiger partial charge in [0.25, 0.3) is 5.91 Å². The van der Waals surface area contributed by atoms with Crippen LogP contribution in [-0.4, -0.2) is 164 Å². The van der Waals surface area contributed by atoms with Crippen molar-refractivity contribution in [1.29, 1.82) is 0 Å². The van der Waals surface area contributed by atoms with E-state index in [1.807, 2.05) is 79.2 Å². The van der Waals surface area contributed by atoms with Gasteiger partial charge in [-0.05, 0) is 164 Å². The molecular formula is C80H95F7N6O8. The second-order valence-electron chi connectivity index (χ2n) is 27.8. The van der Waals surface area contributed by atoms with Crippen molar-refractivity contribution >= 4 is 29.6 Å². The third-order valence-corrected chi connectivity index (χ3v) is 21.0. The number of piperidine rings is 2. The van der Waals surface area contributed by atoms with Crippen LogP contribution in [0.15, 0.2) is 140 Å². The molecule has 4 aliphatic heterocycles. The maximum absolute atomic E-state index is 14.0. The van der Waals surface area contributed by atoms with Crippen molar-refractivity contribution in [2.75, 3.05) is 92.9 Å². The number of likely N-dealkylation sites (N-methyl/N-ethyl adjacent to an activating group) is 2. The minimum atomic E-state index is -5.11. The molecule has 5 aliphatic rings. The Kier molecular flexibility index (Phi) is 25.7. The molecule has 101 heavy (non-hydrogen) atoms. The lowest BCUT2D eigenvalue weighted by Crippen LogP contribution is -2.50. The molecule has 0 bridgehead atoms. The number of ether oxygens (including phenoxy) is 3. The molecule has 1 spiro atoms. The SMILES string of the molecule is CCC(=O)N1CCc2cc(CCCCCCC(=O)N(C)CCN3CCC(OC(=O)Cc4ccccc4-c4ccccc4)CC3)ccc2C1.CCCN(C)C(=O)CO[C@H]1Cc2ccccc2C12CCN(CC[C@@]1(c3ccc(F)cc3)CN(C(=O)c3cc(C(F)(F)F)cc(C(F)(F)F)c3)CO1)CC2. The first-order valence-electron chi connectivity index (χ1n) is 35.8. The van der Waals surface area contributed by atoms with Gasteiger partial charge in [0.2, 0.25) is 17.7 Å². The van der Waals surface area contributed by atoms with Crippen molar-refractivity contribution in [3.63, 3.8) is 0 Å². The highest BCUT2D eigenvalue weighted by atomic mass is 19.4. The number of carbonyl (C=O) groups is 5. The van der Waals surface area contributed by atoms with Crippen molar-refractivity contribution in [1.82, 2.24) is 29.4 Å². The predicted octanol–water partition coefficient (Wildman–Crippen LogP) is 14.3. The first-order chi connectivity index (χ1) is 48.4. The molecule has 3 fully saturated rings. The predicted molar refractivity (Wildman–Crippen MR) is 373 cm³/mol. The zero-order chi connectivity index (χ0) is 71.9. The molecule has 6 aromatic carbocycles. The van der Waals surface area contributed by atoms with Gasteiger partial charge in [0.05, 0.1) is 30.2 Å². The molecule has 0 saturated carbocycles. The van der Waals surface area contributed by atoms with Crippen LogP contribution in [0.3, 0.4) is 0 Å². The largest absolute Gasteiger partial charge is 0.462 e. The number of nitrogens with zero attached hydrogens (tertiary/aromatic N) is 6. The number of unbranched alkanes of at least 4 members (excludes halogenated alkanes) is 3. The number of benzene rings is 6. The Bertz CT molecular complexity index is 3750. The van der Waals surface area contributed by atoms with Gasteiger partial charge < -0.3 is 43.6 Å². The summed E-state index contributed by atoms with van der Waals surface area (Å²) < 4.78 is 114. The summed E-state index contributed by atoms with van der Waals surface area (Å²) in [4.78, 5) is 75.2. The lowest BCUT2D eigenvalue weighted by molar-refractivity contribution is -0.150. The van der Waals surface area contributed by atoms with Crippen LogP contribution in [0.5, 0.6) is 0 Å². The van der Waals surface area contributed by atoms with Crippen LogP contribution < -0.4 is 0 Å². The van der Waals surface area contributed by atoms with E-state index in [0.717, 1.165) is 131 Å². The summed E-state index contributed by atoms with van der Waals surface area (Å²) in [5, 5.41) is 0. The molecule has 4 heterocycles. The van der Waals surface area contributed by atoms with Crippen molar-refractivity contribution in [3.8, 4) is 11.1 Å². The highest BCUT2D eigenvalue weighted by Crippen LogP contribution is 2.49. The summed E-state index contributed by atoms with van der Waals surface area (Å²) >= 11 is 0. The number of alkyl halides is 6. The van der Waals surface area contributed by atoms with Gasteiger partial charge in [-0.25, -0.2) is 4.39 Å². The van der Waals surface area contributed by atoms with E-state index in [4.69, 9.17) is 14.2 Å². The molecule has 0 N–H and O–H groups in total. The first-order valence-corrected chi connectivity index (χ1v) is 35.8. The normalized spacial score (nSPS) is 18.5. The summed E-state index contributed by atoms with van der Waals surface area (Å²) in [5.74, 6) is -1.33. The van der Waals surface area contributed by atoms with Crippen molar-refractivity contribution in [3.05, 3.63) is 201 Å². The second-order valence-corrected chi connectivity index (χ2v) is 27.8. The Balaban J connectivity index is 0.000000219. The molecule has 0 aromatic heterocycles. The Morgan fingerprint density at radius 3 is 2.02 bits per heavy atom. The highest BCUT2D eigenvalue weighted by Gasteiger charge is 2.50. The number of aryl methyl sites for hydroxylation is 1. The molecule has 3 saturated heterocycles. The molecule has 21 heteroatoms. The standard InChI is InChI=1S/C41H53N3O4.C39H42F7N3O4/c1-3-39(45)44-26-21-34-29-32(19-20-36(34)31-44)13-7-4-5-10-18-40(46)42(2)27-28-43-24-22-37(23-25-43)48-41(47)30-35-16-11-12-17-38(35)33-14-8-6-9-15-33;1-3-15-47(2)34(50)23-52-33-21-26-6-4-5-7-32(26)36(33)12-16-48(17-13-36)18-14-37(28-8-10-31(40)11-9-28)24-49(25-53-37)35(51)27-19-29(38(41,42)43)22-30(20-27)39(44,45)46/h6,8-9,11-12,14-17,19-20,29,37H,3-5,7,10,13,18,21-28,30-31H2,1-2H3;4-11,19-20,22,33H,3,12-18,21,23-25H2,1-2H3/t;33-,37-/m.0/s1. The number of likely N-dealkylation sites (tertiary alicyclic amines) is 2. The fourth-order valence-electron chi connectivity index (χ4n) is 15.0. The lowest BCUT2D eigenvalue weighted by atomic mass is 9.72. The van der Waals surface area contributed by atoms with Crippen molar-refractivity contribution < 1.29 is 68.9 Å². The zero-order valence-corrected chi connectivity index (χ0v) is 58.5. The van der Waals surface area contributed by atoms with Gasteiger partial charge in [-0.15, -0.1) is 0 Å². The fourth-order valence-corrected chi connectivity index (χ4v) is 15.0. The number of hydrogen-bond donors (Lipinski definition) is 0. The maximum Gasteiger partial charge on any atom is 0.416 e. The van der Waals surface area contributed by atoms with Gasteiger partial charge >= 0.3 is 18.3 Å². The molecule has 542 valence electrons. The van der Waals surface area contributed by atoms with E-state index >= 15 is 0 Å². The topological polar surface area (TPSA) is 132 Å². The van der Waals surface area contributed by atoms with Gasteiger partial charge in [-0.3, -0.25) is 24.0 Å². The number of rotatable bonds is 25. The van der Waals surface area contributed by atoms with Crippen LogP contribution in [0.25, 0.3) is 11.1 Å². The number of esters is 1. The average molecular weight is 1400 g/mol. The van der Waals surface area contributed by atoms with Gasteiger partial charge in [-0.1, -0.05) is 136 Å². The minimum Gasteiger partial charge on any atom is -0.462 e. The summed E-state index contributed by atoms with van der Waals surface area (Å²) in [5.41, 5.74) is 4.74. The van der Waals surface area contributed by atoms with E-state index < -0.39 is 46.4 Å². The molecule has 4 amide bonds. The Morgan fingerprint density at radius 2 is 1.32 bits per heavy atom. The Morgan fingerprint density at radius 1 is 0.653 bits per heavy atom. The van der Waals surface area contributed by atoms with E-state index in [0.29, 0.717) is 69.6 Å². The van der Waals surface area contributed by atoms with Gasteiger partial charge in [0, 0.05) is 90.3 Å². The Labute approximate surface area is 589 Å². The molecule has 6 aromatic rings. The number of carbonyl (C=O) groups excluding carboxylic acids is 5. The lowest BCUT2D eigenvalue weighted by Gasteiger charge is -2.44. The van der Waals surface area contributed by atoms with Gasteiger partial charge in [-0.2, -0.15) is 26.3 Å². The smallest absolute Gasteiger partial charge is 0.416 e. The van der Waals surface area contributed by atoms with E-state index in [1.54, 1.807) is 11.9 Å². The quantitative estimate of drug-likeness (QED) is 0.0310. The molecular weight excluding hydrogens is 1310 g/mol. The summed E-state index contributed by atoms with van der Waals surface area (Å²) in [7, 11) is 3.68. The van der Waals surface area contributed by atoms with Crippen molar-refractivity contribution in [2.24, 2.45) is 0 Å². The van der Waals surface area contributed by atoms with E-state index in [9.17, 15) is 54.7 Å². The summed E-state index contributed by atoms with van der Waals surface area (Å²) in [6.45, 7) is 10.7. The average Bonchev–Trinajstić information content (AvgIpc) is 1.59. The fraction of sp³-hybridized carbons (Fsp3) is 0.487. The first kappa shape index (κ1) is 75.7. The van der Waals surface area contributed by atoms with Crippen molar-refractivity contribution in [2.45, 2.75) is 159 Å². The number of halogens is 7. The van der Waals surface area contributed by atoms with E-state index in [-0.39, 0.29) is 73.7 Å². The summed E-state index contributed by atoms with van der Waals surface area (Å²) in [6, 6.07) is 39.5. The van der Waals surface area contributed by atoms with Crippen LogP contribution in [0.4, 0.5) is 30.7 Å². The number of fused-ring (bicyclic) bond motifs is 3. The molecule has 11 rings (SSSR count). The molecule has 14 nitrogen and oxygen atoms in total. The van der Waals surface area contributed by atoms with Crippen LogP contribution in [0.2, 0.25) is 0 Å². The highest BCUT2D eigenvalue weighted by molar-refractivity contribution is 5.95. The zero-order valence-electron chi connectivity index (χ0n) is 58.5. The minimum absolute atomic E-state index is 0.00855.